The molecule has 0 N–H and O–H groups in total. The zero-order valence-electron chi connectivity index (χ0n) is 7.59. The molecule has 0 aromatic heterocycles. The van der Waals surface area contributed by atoms with Crippen molar-refractivity contribution in [2.24, 2.45) is 5.92 Å². The van der Waals surface area contributed by atoms with Crippen molar-refractivity contribution in [3.8, 4) is 0 Å². The van der Waals surface area contributed by atoms with E-state index in [1.54, 1.807) is 0 Å². The summed E-state index contributed by atoms with van der Waals surface area (Å²) in [6.45, 7) is 6.52. The van der Waals surface area contributed by atoms with Crippen molar-refractivity contribution >= 4 is 0 Å². The highest BCUT2D eigenvalue weighted by Gasteiger charge is 2.05. The molecule has 0 aliphatic heterocycles. The molecular weight excluding hydrogens is 132 g/mol. The Hall–Kier alpha value is -0.780. The summed E-state index contributed by atoms with van der Waals surface area (Å²) in [5, 5.41) is 0. The van der Waals surface area contributed by atoms with Gasteiger partial charge in [0, 0.05) is 0 Å². The summed E-state index contributed by atoms with van der Waals surface area (Å²) >= 11 is 0. The van der Waals surface area contributed by atoms with E-state index in [-0.39, 0.29) is 0 Å². The van der Waals surface area contributed by atoms with Gasteiger partial charge in [0.1, 0.15) is 0 Å². The van der Waals surface area contributed by atoms with E-state index < -0.39 is 0 Å². The topological polar surface area (TPSA) is 0 Å². The zero-order valence-corrected chi connectivity index (χ0v) is 7.59. The second-order valence-corrected chi connectivity index (χ2v) is 3.34. The number of hydrogen-bond acceptors (Lipinski definition) is 0. The van der Waals surface area contributed by atoms with Crippen LogP contribution in [-0.2, 0) is 0 Å². The Morgan fingerprint density at radius 3 is 2.82 bits per heavy atom. The molecule has 0 nitrogen and oxygen atoms in total. The van der Waals surface area contributed by atoms with Crippen LogP contribution in [0.3, 0.4) is 0 Å². The summed E-state index contributed by atoms with van der Waals surface area (Å²) in [5.74, 6) is 0.714. The molecule has 11 heavy (non-hydrogen) atoms. The molecular formula is C11H16. The van der Waals surface area contributed by atoms with E-state index in [1.165, 1.54) is 17.6 Å². The average Bonchev–Trinajstić information content (AvgIpc) is 1.85. The SMILES string of the molecule is C/C=C/C1=CC(C)CC(C)=C1. The molecule has 0 saturated heterocycles. The third-order valence-electron chi connectivity index (χ3n) is 1.89. The number of hydrogen-bond donors (Lipinski definition) is 0. The van der Waals surface area contributed by atoms with Crippen molar-refractivity contribution in [3.63, 3.8) is 0 Å². The summed E-state index contributed by atoms with van der Waals surface area (Å²) < 4.78 is 0. The molecule has 1 unspecified atom stereocenters. The summed E-state index contributed by atoms with van der Waals surface area (Å²) in [5.41, 5.74) is 2.86. The van der Waals surface area contributed by atoms with Gasteiger partial charge in [-0.1, -0.05) is 36.8 Å². The van der Waals surface area contributed by atoms with Crippen molar-refractivity contribution in [2.75, 3.05) is 0 Å². The van der Waals surface area contributed by atoms with Crippen LogP contribution in [0.4, 0.5) is 0 Å². The van der Waals surface area contributed by atoms with Gasteiger partial charge in [-0.05, 0) is 31.8 Å². The van der Waals surface area contributed by atoms with Gasteiger partial charge in [0.25, 0.3) is 0 Å². The minimum absolute atomic E-state index is 0.714. The molecule has 0 heterocycles. The summed E-state index contributed by atoms with van der Waals surface area (Å²) in [6, 6.07) is 0. The Bertz CT molecular complexity index is 216. The van der Waals surface area contributed by atoms with Crippen LogP contribution in [0, 0.1) is 5.92 Å². The summed E-state index contributed by atoms with van der Waals surface area (Å²) in [6.07, 6.45) is 10.1. The van der Waals surface area contributed by atoms with Crippen LogP contribution in [0.15, 0.2) is 35.5 Å². The first-order chi connectivity index (χ1) is 5.22. The highest BCUT2D eigenvalue weighted by atomic mass is 14.1. The van der Waals surface area contributed by atoms with E-state index in [9.17, 15) is 0 Å². The van der Waals surface area contributed by atoms with Crippen LogP contribution in [0.25, 0.3) is 0 Å². The molecule has 0 bridgehead atoms. The summed E-state index contributed by atoms with van der Waals surface area (Å²) in [7, 11) is 0. The highest BCUT2D eigenvalue weighted by Crippen LogP contribution is 2.22. The molecule has 0 spiro atoms. The predicted molar refractivity (Wildman–Crippen MR) is 50.4 cm³/mol. The van der Waals surface area contributed by atoms with Crippen molar-refractivity contribution in [2.45, 2.75) is 27.2 Å². The molecule has 0 radical (unpaired) electrons. The Morgan fingerprint density at radius 2 is 2.27 bits per heavy atom. The Kier molecular flexibility index (Phi) is 2.70. The normalized spacial score (nSPS) is 25.2. The van der Waals surface area contributed by atoms with E-state index in [2.05, 4.69) is 45.1 Å². The van der Waals surface area contributed by atoms with Crippen LogP contribution in [0.2, 0.25) is 0 Å². The lowest BCUT2D eigenvalue weighted by atomic mass is 9.92. The van der Waals surface area contributed by atoms with Crippen LogP contribution < -0.4 is 0 Å². The van der Waals surface area contributed by atoms with Gasteiger partial charge in [-0.25, -0.2) is 0 Å². The molecule has 0 heteroatoms. The molecule has 1 aliphatic carbocycles. The quantitative estimate of drug-likeness (QED) is 0.534. The molecule has 0 fully saturated rings. The fourth-order valence-corrected chi connectivity index (χ4v) is 1.58. The van der Waals surface area contributed by atoms with Crippen LogP contribution in [-0.4, -0.2) is 0 Å². The van der Waals surface area contributed by atoms with Gasteiger partial charge in [-0.2, -0.15) is 0 Å². The van der Waals surface area contributed by atoms with Crippen molar-refractivity contribution in [3.05, 3.63) is 35.5 Å². The van der Waals surface area contributed by atoms with Gasteiger partial charge in [-0.3, -0.25) is 0 Å². The Labute approximate surface area is 69.3 Å². The lowest BCUT2D eigenvalue weighted by Gasteiger charge is -2.13. The smallest absolute Gasteiger partial charge is 0.0216 e. The fraction of sp³-hybridized carbons (Fsp3) is 0.455. The molecule has 0 aromatic carbocycles. The van der Waals surface area contributed by atoms with Gasteiger partial charge in [-0.15, -0.1) is 0 Å². The van der Waals surface area contributed by atoms with E-state index in [4.69, 9.17) is 0 Å². The Morgan fingerprint density at radius 1 is 1.55 bits per heavy atom. The van der Waals surface area contributed by atoms with Crippen molar-refractivity contribution in [1.82, 2.24) is 0 Å². The third-order valence-corrected chi connectivity index (χ3v) is 1.89. The predicted octanol–water partition coefficient (Wildman–Crippen LogP) is 3.48. The molecule has 0 amide bonds. The van der Waals surface area contributed by atoms with E-state index in [0.29, 0.717) is 5.92 Å². The minimum atomic E-state index is 0.714. The van der Waals surface area contributed by atoms with Gasteiger partial charge in [0.05, 0.1) is 0 Å². The number of allylic oxidation sites excluding steroid dienone is 6. The van der Waals surface area contributed by atoms with E-state index in [1.807, 2.05) is 0 Å². The van der Waals surface area contributed by atoms with Gasteiger partial charge < -0.3 is 0 Å². The maximum atomic E-state index is 2.33. The fourth-order valence-electron chi connectivity index (χ4n) is 1.58. The second-order valence-electron chi connectivity index (χ2n) is 3.34. The van der Waals surface area contributed by atoms with E-state index in [0.717, 1.165) is 0 Å². The molecule has 1 rings (SSSR count). The lowest BCUT2D eigenvalue weighted by molar-refractivity contribution is 0.703. The third kappa shape index (κ3) is 2.38. The Balaban J connectivity index is 2.78. The van der Waals surface area contributed by atoms with Crippen LogP contribution in [0.1, 0.15) is 27.2 Å². The average molecular weight is 148 g/mol. The van der Waals surface area contributed by atoms with Crippen LogP contribution >= 0.6 is 0 Å². The highest BCUT2D eigenvalue weighted by molar-refractivity contribution is 5.36. The van der Waals surface area contributed by atoms with Crippen molar-refractivity contribution < 1.29 is 0 Å². The van der Waals surface area contributed by atoms with Gasteiger partial charge in [0.2, 0.25) is 0 Å². The first-order valence-electron chi connectivity index (χ1n) is 4.24. The standard InChI is InChI=1S/C11H16/c1-4-5-11-7-9(2)6-10(3)8-11/h4-5,7-9H,6H2,1-3H3/b5-4+. The minimum Gasteiger partial charge on any atom is -0.0871 e. The zero-order chi connectivity index (χ0) is 8.27. The summed E-state index contributed by atoms with van der Waals surface area (Å²) in [4.78, 5) is 0. The largest absolute Gasteiger partial charge is 0.0871 e. The lowest BCUT2D eigenvalue weighted by Crippen LogP contribution is -1.97. The number of rotatable bonds is 1. The van der Waals surface area contributed by atoms with Crippen LogP contribution in [0.5, 0.6) is 0 Å². The first-order valence-corrected chi connectivity index (χ1v) is 4.24. The first kappa shape index (κ1) is 8.32. The van der Waals surface area contributed by atoms with Gasteiger partial charge >= 0.3 is 0 Å². The van der Waals surface area contributed by atoms with E-state index >= 15 is 0 Å². The molecule has 0 aromatic rings. The molecule has 0 saturated carbocycles. The monoisotopic (exact) mass is 148 g/mol. The molecule has 1 aliphatic rings. The van der Waals surface area contributed by atoms with Gasteiger partial charge in [0.15, 0.2) is 0 Å². The second kappa shape index (κ2) is 3.56. The molecule has 60 valence electrons. The molecule has 1 atom stereocenters. The maximum Gasteiger partial charge on any atom is -0.0216 e. The maximum absolute atomic E-state index is 2.33. The van der Waals surface area contributed by atoms with Crippen molar-refractivity contribution in [1.29, 1.82) is 0 Å².